The van der Waals surface area contributed by atoms with Crippen molar-refractivity contribution in [2.75, 3.05) is 6.16 Å². The highest BCUT2D eigenvalue weighted by Gasteiger charge is 2.16. The first-order valence-electron chi connectivity index (χ1n) is 36.7. The van der Waals surface area contributed by atoms with Gasteiger partial charge in [0.15, 0.2) is 0 Å². The molecule has 0 radical (unpaired) electrons. The van der Waals surface area contributed by atoms with E-state index in [1.165, 1.54) is 35.4 Å². The summed E-state index contributed by atoms with van der Waals surface area (Å²) in [6, 6.07) is 68.4. The van der Waals surface area contributed by atoms with E-state index in [4.69, 9.17) is 70.6 Å². The lowest BCUT2D eigenvalue weighted by Crippen LogP contribution is -2.07. The molecule has 10 aromatic carbocycles. The fourth-order valence-electron chi connectivity index (χ4n) is 8.91. The van der Waals surface area contributed by atoms with Crippen LogP contribution in [0.1, 0.15) is 201 Å². The Kier molecular flexibility index (Phi) is 52.8. The molecule has 0 aromatic heterocycles. The van der Waals surface area contributed by atoms with Crippen molar-refractivity contribution in [3.63, 3.8) is 0 Å². The minimum Gasteiger partial charge on any atom is -0.481 e. The number of aromatic carboxylic acids is 8. The average molecular weight is 1670 g/mol. The van der Waals surface area contributed by atoms with Crippen molar-refractivity contribution in [1.29, 1.82) is 0 Å². The molecule has 26 nitrogen and oxygen atoms in total. The Hall–Kier alpha value is -12.8. The van der Waals surface area contributed by atoms with Gasteiger partial charge in [-0.25, -0.2) is 38.4 Å². The summed E-state index contributed by atoms with van der Waals surface area (Å²) in [5, 5.41) is 85.3. The maximum atomic E-state index is 10.7. The van der Waals surface area contributed by atoms with Crippen molar-refractivity contribution in [2.45, 2.75) is 128 Å². The van der Waals surface area contributed by atoms with Crippen LogP contribution < -0.4 is 0 Å². The van der Waals surface area contributed by atoms with Gasteiger partial charge in [-0.05, 0) is 183 Å². The van der Waals surface area contributed by atoms with Gasteiger partial charge < -0.3 is 70.6 Å². The number of rotatable bonds is 19. The minimum absolute atomic E-state index is 0.00241. The maximum absolute atomic E-state index is 10.7. The van der Waals surface area contributed by atoms with Crippen molar-refractivity contribution >= 4 is 74.9 Å². The lowest BCUT2D eigenvalue weighted by atomic mass is 10.0. The zero-order chi connectivity index (χ0) is 90.4. The third kappa shape index (κ3) is 48.4. The summed E-state index contributed by atoms with van der Waals surface area (Å²) < 4.78 is 20.4. The molecule has 0 aliphatic rings. The first-order chi connectivity index (χ1) is 55.4. The highest BCUT2D eigenvalue weighted by molar-refractivity contribution is 7.51. The molecule has 0 saturated carbocycles. The second-order valence-corrected chi connectivity index (χ2v) is 28.0. The molecule has 0 heterocycles. The average Bonchev–Trinajstić information content (AvgIpc) is 0.857. The fraction of sp³-hybridized carbons (Fsp3) is 0.222. The van der Waals surface area contributed by atoms with Gasteiger partial charge in [-0.3, -0.25) is 18.7 Å². The molecule has 14 N–H and O–H groups in total. The summed E-state index contributed by atoms with van der Waals surface area (Å²) in [4.78, 5) is 137. The Morgan fingerprint density at radius 2 is 0.551 bits per heavy atom. The number of aryl methyl sites for hydroxylation is 7. The van der Waals surface area contributed by atoms with Gasteiger partial charge >= 0.3 is 74.9 Å². The number of carboxylic acid groups (broad SMARTS) is 10. The Balaban J connectivity index is 0. The first kappa shape index (κ1) is 107. The number of hydrogen-bond donors (Lipinski definition) is 14. The van der Waals surface area contributed by atoms with Crippen LogP contribution in [0.2, 0.25) is 0 Å². The van der Waals surface area contributed by atoms with E-state index < -0.39 is 74.9 Å². The summed E-state index contributed by atoms with van der Waals surface area (Å²) in [6.07, 6.45) is 2.68. The van der Waals surface area contributed by atoms with Gasteiger partial charge in [0, 0.05) is 12.6 Å². The number of carbonyl (C=O) groups is 10. The first-order valence-corrected chi connectivity index (χ1v) is 40.3. The lowest BCUT2D eigenvalue weighted by Gasteiger charge is -2.03. The van der Waals surface area contributed by atoms with Crippen LogP contribution in [-0.4, -0.2) is 136 Å². The molecule has 0 atom stereocenters. The van der Waals surface area contributed by atoms with E-state index in [0.717, 1.165) is 69.0 Å². The number of hydrogen-bond acceptors (Lipinski definition) is 12. The molecule has 0 unspecified atom stereocenters. The zero-order valence-corrected chi connectivity index (χ0v) is 69.8. The van der Waals surface area contributed by atoms with Gasteiger partial charge in [0.05, 0.1) is 57.1 Å². The molecular formula is C90H106O26P2. The normalized spacial score (nSPS) is 9.70. The van der Waals surface area contributed by atoms with E-state index in [1.54, 1.807) is 119 Å². The molecule has 0 aliphatic heterocycles. The summed E-state index contributed by atoms with van der Waals surface area (Å²) in [5.74, 6) is -9.74. The van der Waals surface area contributed by atoms with E-state index in [1.807, 2.05) is 146 Å². The predicted molar refractivity (Wildman–Crippen MR) is 455 cm³/mol. The molecule has 0 spiro atoms. The van der Waals surface area contributed by atoms with E-state index in [9.17, 15) is 57.1 Å². The van der Waals surface area contributed by atoms with Crippen LogP contribution in [0.4, 0.5) is 0 Å². The van der Waals surface area contributed by atoms with Gasteiger partial charge in [-0.2, -0.15) is 0 Å². The summed E-state index contributed by atoms with van der Waals surface area (Å²) in [7, 11) is -7.55. The molecule has 10 aromatic rings. The largest absolute Gasteiger partial charge is 0.481 e. The topological polar surface area (TPSA) is 488 Å². The molecule has 0 amide bonds. The zero-order valence-electron chi connectivity index (χ0n) is 68.0. The van der Waals surface area contributed by atoms with Crippen LogP contribution in [0.5, 0.6) is 0 Å². The maximum Gasteiger partial charge on any atom is 0.336 e. The van der Waals surface area contributed by atoms with Crippen LogP contribution in [-0.2, 0) is 44.1 Å². The molecule has 0 bridgehead atoms. The molecule has 0 fully saturated rings. The Labute approximate surface area is 687 Å². The summed E-state index contributed by atoms with van der Waals surface area (Å²) >= 11 is 0. The molecule has 118 heavy (non-hydrogen) atoms. The van der Waals surface area contributed by atoms with Crippen molar-refractivity contribution in [3.8, 4) is 22.3 Å². The lowest BCUT2D eigenvalue weighted by molar-refractivity contribution is -0.137. The van der Waals surface area contributed by atoms with Gasteiger partial charge in [-0.1, -0.05) is 235 Å². The Morgan fingerprint density at radius 3 is 0.831 bits per heavy atom. The molecule has 28 heteroatoms. The molecule has 632 valence electrons. The van der Waals surface area contributed by atoms with Crippen LogP contribution in [0.3, 0.4) is 0 Å². The van der Waals surface area contributed by atoms with Gasteiger partial charge in [0.2, 0.25) is 0 Å². The van der Waals surface area contributed by atoms with E-state index in [0.29, 0.717) is 39.8 Å². The van der Waals surface area contributed by atoms with Crippen LogP contribution in [0.25, 0.3) is 22.3 Å². The van der Waals surface area contributed by atoms with Crippen LogP contribution in [0.15, 0.2) is 237 Å². The van der Waals surface area contributed by atoms with Gasteiger partial charge in [0.1, 0.15) is 0 Å². The summed E-state index contributed by atoms with van der Waals surface area (Å²) in [5.41, 5.74) is 14.0. The number of carboxylic acids is 10. The third-order valence-electron chi connectivity index (χ3n) is 15.0. The van der Waals surface area contributed by atoms with Crippen molar-refractivity contribution < 1.29 is 128 Å². The summed E-state index contributed by atoms with van der Waals surface area (Å²) in [6.45, 7) is 24.8. The Morgan fingerprint density at radius 1 is 0.271 bits per heavy atom. The second-order valence-electron chi connectivity index (χ2n) is 24.6. The number of aliphatic carboxylic acids is 2. The van der Waals surface area contributed by atoms with Gasteiger partial charge in [-0.15, -0.1) is 0 Å². The van der Waals surface area contributed by atoms with Gasteiger partial charge in [0.25, 0.3) is 0 Å². The molecule has 10 rings (SSSR count). The quantitative estimate of drug-likeness (QED) is 0.0334. The molecular weight excluding hydrogens is 1560 g/mol. The third-order valence-corrected chi connectivity index (χ3v) is 16.8. The molecule has 0 saturated heterocycles. The van der Waals surface area contributed by atoms with Crippen molar-refractivity contribution in [2.24, 2.45) is 0 Å². The smallest absolute Gasteiger partial charge is 0.336 e. The standard InChI is InChI=1S/C15H14O2.C14H12O2.2C9H8O4.2C9H10O2.C8H8O2.C7H9O3P.C3H9O3P.C3H6O2.2C2H6/c1-2-11-3-5-12(6-4-11)13-7-9-14(10-8-13)15(16)17;1-10-2-4-11(5-3-10)12-6-8-13(9-7-12)14(15)16;1-5-2-6(8(10)11)4-7(3-5)9(12)13;1-5-2-3-6(8(10)11)7(4-5)9(12)13;1-7-2-4-8(5-3-7)6-9(10)11;1-2-7-3-5-8(6-4-7)9(10)11;1-6-2-4-7(5-3-6)8(9)10;8-11(9,10)6-7-4-2-1-3-5-7;1-2-3-7(4,5)6;1-2-3(4)5;2*1-2/h3-10H,2H2,1H3,(H,16,17);2-9H,1H3,(H,15,16);2*2-4H,1H3,(H,10,11)(H,12,13);2-5H,6H2,1H3,(H,10,11);3-6H,2H2,1H3,(H,10,11);2-5H,1H3,(H,9,10);1-5H,6H2,(H2,8,9,10);2-3H2,1H3,(H2,4,5,6);2H2,1H3,(H,4,5);2*1-2H3. The SMILES string of the molecule is CC.CC.CCC(=O)O.CCCP(=O)(O)O.CCc1ccc(-c2ccc(C(=O)O)cc2)cc1.CCc1ccc(C(=O)O)cc1.Cc1cc(C(=O)O)cc(C(=O)O)c1.Cc1ccc(-c2ccc(C(=O)O)cc2)cc1.Cc1ccc(C(=O)O)c(C(=O)O)c1.Cc1ccc(C(=O)O)cc1.Cc1ccc(CC(=O)O)cc1.O=P(O)(O)Cc1ccccc1. The van der Waals surface area contributed by atoms with E-state index in [-0.39, 0.29) is 47.4 Å². The number of benzene rings is 10. The monoisotopic (exact) mass is 1660 g/mol. The fourth-order valence-corrected chi connectivity index (χ4v) is 10.2. The predicted octanol–water partition coefficient (Wildman–Crippen LogP) is 19.5. The Bertz CT molecular complexity index is 4790. The van der Waals surface area contributed by atoms with Crippen LogP contribution in [0, 0.1) is 34.6 Å². The van der Waals surface area contributed by atoms with Crippen molar-refractivity contribution in [1.82, 2.24) is 0 Å². The van der Waals surface area contributed by atoms with E-state index >= 15 is 0 Å². The minimum atomic E-state index is -3.89. The van der Waals surface area contributed by atoms with Crippen molar-refractivity contribution in [3.05, 3.63) is 331 Å². The molecule has 0 aliphatic carbocycles. The highest BCUT2D eigenvalue weighted by Crippen LogP contribution is 2.39. The van der Waals surface area contributed by atoms with Crippen LogP contribution >= 0.6 is 15.2 Å². The van der Waals surface area contributed by atoms with E-state index in [2.05, 4.69) is 31.2 Å². The second kappa shape index (κ2) is 58.1. The highest BCUT2D eigenvalue weighted by atomic mass is 31.2.